The number of rotatable bonds is 10. The second-order valence-corrected chi connectivity index (χ2v) is 7.46. The summed E-state index contributed by atoms with van der Waals surface area (Å²) in [6.07, 6.45) is 0.0916. The van der Waals surface area contributed by atoms with Gasteiger partial charge in [-0.15, -0.1) is 11.3 Å². The predicted octanol–water partition coefficient (Wildman–Crippen LogP) is 4.33. The van der Waals surface area contributed by atoms with E-state index in [1.807, 2.05) is 37.3 Å². The zero-order valence-electron chi connectivity index (χ0n) is 17.4. The van der Waals surface area contributed by atoms with Crippen LogP contribution in [0.2, 0.25) is 0 Å². The van der Waals surface area contributed by atoms with Gasteiger partial charge in [-0.1, -0.05) is 30.3 Å². The average molecular weight is 441 g/mol. The Hall–Kier alpha value is -3.39. The van der Waals surface area contributed by atoms with Gasteiger partial charge in [0, 0.05) is 10.4 Å². The lowest BCUT2D eigenvalue weighted by molar-refractivity contribution is -0.142. The molecular weight excluding hydrogens is 416 g/mol. The molecule has 2 aromatic carbocycles. The summed E-state index contributed by atoms with van der Waals surface area (Å²) in [4.78, 5) is 29.6. The molecule has 0 atom stereocenters. The van der Waals surface area contributed by atoms with Crippen molar-refractivity contribution < 1.29 is 23.8 Å². The lowest BCUT2D eigenvalue weighted by Gasteiger charge is -2.07. The Bertz CT molecular complexity index is 1000. The van der Waals surface area contributed by atoms with E-state index >= 15 is 0 Å². The van der Waals surface area contributed by atoms with Crippen LogP contribution in [0.4, 0.5) is 5.13 Å². The number of carbonyl (C=O) groups excluding carboxylic acids is 2. The first-order valence-corrected chi connectivity index (χ1v) is 10.8. The number of carbonyl (C=O) groups is 2. The molecule has 0 spiro atoms. The third kappa shape index (κ3) is 6.55. The fraction of sp³-hybridized carbons (Fsp3) is 0.261. The Morgan fingerprint density at radius 3 is 2.26 bits per heavy atom. The van der Waals surface area contributed by atoms with Crippen LogP contribution in [-0.4, -0.2) is 36.7 Å². The summed E-state index contributed by atoms with van der Waals surface area (Å²) in [5.41, 5.74) is 1.52. The van der Waals surface area contributed by atoms with E-state index in [-0.39, 0.29) is 24.9 Å². The SMILES string of the molecule is CCOC(=O)Cc1sc(NC(=O)COc2ccc(OCC)cc2)nc1-c1ccccc1. The summed E-state index contributed by atoms with van der Waals surface area (Å²) in [7, 11) is 0. The summed E-state index contributed by atoms with van der Waals surface area (Å²) in [6, 6.07) is 16.6. The number of anilines is 1. The van der Waals surface area contributed by atoms with Crippen molar-refractivity contribution in [1.29, 1.82) is 0 Å². The van der Waals surface area contributed by atoms with Gasteiger partial charge in [-0.05, 0) is 38.1 Å². The van der Waals surface area contributed by atoms with E-state index in [1.54, 1.807) is 31.2 Å². The van der Waals surface area contributed by atoms with Gasteiger partial charge in [0.05, 0.1) is 25.3 Å². The van der Waals surface area contributed by atoms with Crippen LogP contribution >= 0.6 is 11.3 Å². The molecule has 0 aliphatic carbocycles. The molecule has 3 aromatic rings. The molecule has 1 aromatic heterocycles. The minimum Gasteiger partial charge on any atom is -0.494 e. The van der Waals surface area contributed by atoms with Gasteiger partial charge in [0.25, 0.3) is 5.91 Å². The van der Waals surface area contributed by atoms with E-state index in [9.17, 15) is 9.59 Å². The molecule has 0 aliphatic heterocycles. The highest BCUT2D eigenvalue weighted by atomic mass is 32.1. The molecule has 1 N–H and O–H groups in total. The standard InChI is InChI=1S/C23H24N2O5S/c1-3-28-17-10-12-18(13-11-17)30-15-20(26)24-23-25-22(16-8-6-5-7-9-16)19(31-23)14-21(27)29-4-2/h5-13H,3-4,14-15H2,1-2H3,(H,24,25,26). The number of hydrogen-bond donors (Lipinski definition) is 1. The maximum absolute atomic E-state index is 12.4. The number of nitrogens with zero attached hydrogens (tertiary/aromatic N) is 1. The van der Waals surface area contributed by atoms with Gasteiger partial charge in [-0.25, -0.2) is 4.98 Å². The minimum atomic E-state index is -0.343. The quantitative estimate of drug-likeness (QED) is 0.472. The molecule has 1 heterocycles. The Morgan fingerprint density at radius 2 is 1.61 bits per heavy atom. The predicted molar refractivity (Wildman–Crippen MR) is 120 cm³/mol. The van der Waals surface area contributed by atoms with Crippen LogP contribution in [0, 0.1) is 0 Å². The van der Waals surface area contributed by atoms with Gasteiger partial charge >= 0.3 is 5.97 Å². The van der Waals surface area contributed by atoms with Crippen molar-refractivity contribution in [1.82, 2.24) is 4.98 Å². The number of nitrogens with one attached hydrogen (secondary N) is 1. The summed E-state index contributed by atoms with van der Waals surface area (Å²) < 4.78 is 16.0. The number of hydrogen-bond acceptors (Lipinski definition) is 7. The Morgan fingerprint density at radius 1 is 0.935 bits per heavy atom. The molecule has 31 heavy (non-hydrogen) atoms. The van der Waals surface area contributed by atoms with Crippen LogP contribution in [0.3, 0.4) is 0 Å². The molecule has 1 amide bonds. The number of aromatic nitrogens is 1. The smallest absolute Gasteiger partial charge is 0.311 e. The normalized spacial score (nSPS) is 10.4. The van der Waals surface area contributed by atoms with Crippen LogP contribution in [-0.2, 0) is 20.7 Å². The summed E-state index contributed by atoms with van der Waals surface area (Å²) in [5.74, 6) is 0.625. The van der Waals surface area contributed by atoms with Crippen molar-refractivity contribution in [3.8, 4) is 22.8 Å². The molecule has 7 nitrogen and oxygen atoms in total. The summed E-state index contributed by atoms with van der Waals surface area (Å²) >= 11 is 1.25. The molecule has 0 saturated carbocycles. The van der Waals surface area contributed by atoms with Crippen molar-refractivity contribution in [2.24, 2.45) is 0 Å². The number of esters is 1. The Balaban J connectivity index is 1.66. The minimum absolute atomic E-state index is 0.0916. The second kappa shape index (κ2) is 11.1. The molecule has 0 fully saturated rings. The van der Waals surface area contributed by atoms with Gasteiger partial charge in [0.2, 0.25) is 0 Å². The van der Waals surface area contributed by atoms with Crippen molar-refractivity contribution >= 4 is 28.3 Å². The number of ether oxygens (including phenoxy) is 3. The van der Waals surface area contributed by atoms with Crippen molar-refractivity contribution in [3.63, 3.8) is 0 Å². The van der Waals surface area contributed by atoms with E-state index in [0.29, 0.717) is 29.8 Å². The van der Waals surface area contributed by atoms with E-state index in [4.69, 9.17) is 14.2 Å². The molecular formula is C23H24N2O5S. The number of benzene rings is 2. The van der Waals surface area contributed by atoms with Crippen LogP contribution in [0.25, 0.3) is 11.3 Å². The monoisotopic (exact) mass is 440 g/mol. The fourth-order valence-corrected chi connectivity index (χ4v) is 3.78. The summed E-state index contributed by atoms with van der Waals surface area (Å²) in [5, 5.41) is 3.15. The Labute approximate surface area is 185 Å². The largest absolute Gasteiger partial charge is 0.494 e. The van der Waals surface area contributed by atoms with Crippen LogP contribution < -0.4 is 14.8 Å². The summed E-state index contributed by atoms with van der Waals surface area (Å²) in [6.45, 7) is 4.40. The third-order valence-electron chi connectivity index (χ3n) is 4.11. The van der Waals surface area contributed by atoms with Crippen LogP contribution in [0.5, 0.6) is 11.5 Å². The van der Waals surface area contributed by atoms with Crippen molar-refractivity contribution in [2.45, 2.75) is 20.3 Å². The van der Waals surface area contributed by atoms with E-state index in [2.05, 4.69) is 10.3 Å². The lowest BCUT2D eigenvalue weighted by Crippen LogP contribution is -2.20. The van der Waals surface area contributed by atoms with E-state index in [1.165, 1.54) is 11.3 Å². The molecule has 0 aliphatic rings. The maximum atomic E-state index is 12.4. The van der Waals surface area contributed by atoms with Gasteiger partial charge in [0.1, 0.15) is 11.5 Å². The molecule has 0 bridgehead atoms. The highest BCUT2D eigenvalue weighted by molar-refractivity contribution is 7.16. The topological polar surface area (TPSA) is 86.8 Å². The molecule has 0 saturated heterocycles. The van der Waals surface area contributed by atoms with Crippen LogP contribution in [0.1, 0.15) is 18.7 Å². The zero-order valence-corrected chi connectivity index (χ0v) is 18.2. The molecule has 162 valence electrons. The van der Waals surface area contributed by atoms with Crippen LogP contribution in [0.15, 0.2) is 54.6 Å². The first kappa shape index (κ1) is 22.3. The molecule has 3 rings (SSSR count). The maximum Gasteiger partial charge on any atom is 0.311 e. The third-order valence-corrected chi connectivity index (χ3v) is 5.08. The number of amides is 1. The zero-order chi connectivity index (χ0) is 22.1. The molecule has 8 heteroatoms. The highest BCUT2D eigenvalue weighted by Crippen LogP contribution is 2.31. The fourth-order valence-electron chi connectivity index (χ4n) is 2.79. The van der Waals surface area contributed by atoms with Gasteiger partial charge in [-0.3, -0.25) is 14.9 Å². The first-order chi connectivity index (χ1) is 15.1. The van der Waals surface area contributed by atoms with Gasteiger partial charge < -0.3 is 14.2 Å². The van der Waals surface area contributed by atoms with E-state index in [0.717, 1.165) is 16.2 Å². The molecule has 0 unspecified atom stereocenters. The van der Waals surface area contributed by atoms with Gasteiger partial charge in [0.15, 0.2) is 11.7 Å². The number of thiazole rings is 1. The lowest BCUT2D eigenvalue weighted by atomic mass is 10.1. The second-order valence-electron chi connectivity index (χ2n) is 6.38. The van der Waals surface area contributed by atoms with Crippen molar-refractivity contribution in [3.05, 3.63) is 59.5 Å². The average Bonchev–Trinajstić information content (AvgIpc) is 3.16. The highest BCUT2D eigenvalue weighted by Gasteiger charge is 2.18. The van der Waals surface area contributed by atoms with E-state index < -0.39 is 0 Å². The van der Waals surface area contributed by atoms with Gasteiger partial charge in [-0.2, -0.15) is 0 Å². The van der Waals surface area contributed by atoms with Crippen molar-refractivity contribution in [2.75, 3.05) is 25.1 Å². The molecule has 0 radical (unpaired) electrons. The Kier molecular flexibility index (Phi) is 8.00. The first-order valence-electron chi connectivity index (χ1n) is 9.95.